The fourth-order valence-corrected chi connectivity index (χ4v) is 3.02. The molecule has 28 heavy (non-hydrogen) atoms. The van der Waals surface area contributed by atoms with E-state index in [1.165, 1.54) is 5.56 Å². The van der Waals surface area contributed by atoms with E-state index >= 15 is 0 Å². The van der Waals surface area contributed by atoms with Crippen molar-refractivity contribution in [3.05, 3.63) is 96.4 Å². The molecule has 1 aromatic heterocycles. The van der Waals surface area contributed by atoms with Crippen LogP contribution in [-0.2, 0) is 13.1 Å². The molecule has 5 nitrogen and oxygen atoms in total. The summed E-state index contributed by atoms with van der Waals surface area (Å²) in [5.41, 5.74) is 3.21. The lowest BCUT2D eigenvalue weighted by atomic mass is 10.2. The van der Waals surface area contributed by atoms with Crippen molar-refractivity contribution in [1.29, 1.82) is 0 Å². The van der Waals surface area contributed by atoms with Crippen LogP contribution in [0.25, 0.3) is 11.4 Å². The topological polar surface area (TPSA) is 51.4 Å². The van der Waals surface area contributed by atoms with Gasteiger partial charge < -0.3 is 14.2 Å². The van der Waals surface area contributed by atoms with Crippen molar-refractivity contribution in [3.63, 3.8) is 0 Å². The Morgan fingerprint density at radius 2 is 1.50 bits per heavy atom. The lowest BCUT2D eigenvalue weighted by molar-refractivity contribution is 0.376. The molecule has 140 valence electrons. The second-order valence-electron chi connectivity index (χ2n) is 6.42. The highest BCUT2D eigenvalue weighted by atomic mass is 16.5. The van der Waals surface area contributed by atoms with Gasteiger partial charge in [-0.2, -0.15) is 4.98 Å². The van der Waals surface area contributed by atoms with Gasteiger partial charge in [-0.05, 0) is 29.8 Å². The first kappa shape index (κ1) is 17.8. The monoisotopic (exact) mass is 371 g/mol. The first-order valence-corrected chi connectivity index (χ1v) is 9.13. The average Bonchev–Trinajstić information content (AvgIpc) is 3.23. The van der Waals surface area contributed by atoms with Crippen LogP contribution in [0.5, 0.6) is 5.75 Å². The van der Waals surface area contributed by atoms with E-state index in [1.54, 1.807) is 7.11 Å². The molecule has 0 aliphatic carbocycles. The van der Waals surface area contributed by atoms with Gasteiger partial charge in [0.05, 0.1) is 13.7 Å². The molecular formula is C23H21N3O2. The van der Waals surface area contributed by atoms with Gasteiger partial charge in [-0.3, -0.25) is 0 Å². The number of ether oxygens (including phenoxy) is 1. The number of benzene rings is 3. The quantitative estimate of drug-likeness (QED) is 0.460. The van der Waals surface area contributed by atoms with E-state index in [9.17, 15) is 0 Å². The number of anilines is 1. The normalized spacial score (nSPS) is 10.6. The van der Waals surface area contributed by atoms with E-state index in [0.29, 0.717) is 18.3 Å². The number of rotatable bonds is 7. The Morgan fingerprint density at radius 1 is 0.821 bits per heavy atom. The van der Waals surface area contributed by atoms with Gasteiger partial charge in [0.25, 0.3) is 0 Å². The molecule has 0 bridgehead atoms. The van der Waals surface area contributed by atoms with E-state index in [-0.39, 0.29) is 0 Å². The van der Waals surface area contributed by atoms with E-state index in [1.807, 2.05) is 72.8 Å². The van der Waals surface area contributed by atoms with Crippen molar-refractivity contribution in [2.75, 3.05) is 12.0 Å². The molecule has 0 aliphatic heterocycles. The SMILES string of the molecule is COc1ccc(N(Cc2ccccc2)Cc2nc(-c3ccccc3)no2)cc1. The molecule has 0 radical (unpaired) electrons. The fourth-order valence-electron chi connectivity index (χ4n) is 3.02. The Hall–Kier alpha value is -3.60. The highest BCUT2D eigenvalue weighted by Crippen LogP contribution is 2.24. The predicted octanol–water partition coefficient (Wildman–Crippen LogP) is 4.95. The van der Waals surface area contributed by atoms with E-state index < -0.39 is 0 Å². The molecule has 3 aromatic carbocycles. The van der Waals surface area contributed by atoms with Gasteiger partial charge in [-0.1, -0.05) is 65.8 Å². The lowest BCUT2D eigenvalue weighted by Crippen LogP contribution is -2.22. The standard InChI is InChI=1S/C23H21N3O2/c1-27-21-14-12-20(13-15-21)26(16-18-8-4-2-5-9-18)17-22-24-23(25-28-22)19-10-6-3-7-11-19/h2-15H,16-17H2,1H3. The van der Waals surface area contributed by atoms with Gasteiger partial charge in [0.2, 0.25) is 11.7 Å². The van der Waals surface area contributed by atoms with Crippen molar-refractivity contribution in [2.45, 2.75) is 13.1 Å². The highest BCUT2D eigenvalue weighted by Gasteiger charge is 2.14. The average molecular weight is 371 g/mol. The van der Waals surface area contributed by atoms with Gasteiger partial charge in [0.15, 0.2) is 0 Å². The van der Waals surface area contributed by atoms with Gasteiger partial charge in [0.1, 0.15) is 5.75 Å². The lowest BCUT2D eigenvalue weighted by Gasteiger charge is -2.23. The molecule has 0 saturated carbocycles. The minimum Gasteiger partial charge on any atom is -0.497 e. The molecule has 0 amide bonds. The van der Waals surface area contributed by atoms with Crippen LogP contribution in [0.1, 0.15) is 11.5 Å². The first-order valence-electron chi connectivity index (χ1n) is 9.13. The van der Waals surface area contributed by atoms with Gasteiger partial charge in [-0.15, -0.1) is 0 Å². The molecule has 0 saturated heterocycles. The molecule has 0 N–H and O–H groups in total. The predicted molar refractivity (Wildman–Crippen MR) is 109 cm³/mol. The molecule has 0 fully saturated rings. The zero-order valence-corrected chi connectivity index (χ0v) is 15.7. The second kappa shape index (κ2) is 8.39. The van der Waals surface area contributed by atoms with Crippen LogP contribution in [-0.4, -0.2) is 17.3 Å². The van der Waals surface area contributed by atoms with Crippen molar-refractivity contribution >= 4 is 5.69 Å². The van der Waals surface area contributed by atoms with E-state index in [0.717, 1.165) is 23.5 Å². The summed E-state index contributed by atoms with van der Waals surface area (Å²) in [5.74, 6) is 2.00. The molecule has 5 heteroatoms. The van der Waals surface area contributed by atoms with Crippen molar-refractivity contribution in [3.8, 4) is 17.1 Å². The van der Waals surface area contributed by atoms with Gasteiger partial charge in [-0.25, -0.2) is 0 Å². The van der Waals surface area contributed by atoms with Crippen LogP contribution < -0.4 is 9.64 Å². The Kier molecular flexibility index (Phi) is 5.33. The van der Waals surface area contributed by atoms with Crippen molar-refractivity contribution < 1.29 is 9.26 Å². The summed E-state index contributed by atoms with van der Waals surface area (Å²) in [7, 11) is 1.67. The smallest absolute Gasteiger partial charge is 0.246 e. The third kappa shape index (κ3) is 4.20. The maximum atomic E-state index is 5.53. The summed E-state index contributed by atoms with van der Waals surface area (Å²) in [6.45, 7) is 1.25. The number of hydrogen-bond donors (Lipinski definition) is 0. The molecule has 4 rings (SSSR count). The number of aromatic nitrogens is 2. The molecule has 0 spiro atoms. The molecule has 0 aliphatic rings. The minimum atomic E-state index is 0.515. The Labute approximate surface area is 164 Å². The third-order valence-corrected chi connectivity index (χ3v) is 4.48. The third-order valence-electron chi connectivity index (χ3n) is 4.48. The fraction of sp³-hybridized carbons (Fsp3) is 0.130. The number of methoxy groups -OCH3 is 1. The summed E-state index contributed by atoms with van der Waals surface area (Å²) in [6.07, 6.45) is 0. The van der Waals surface area contributed by atoms with E-state index in [2.05, 4.69) is 27.2 Å². The summed E-state index contributed by atoms with van der Waals surface area (Å²) in [4.78, 5) is 6.78. The minimum absolute atomic E-state index is 0.515. The summed E-state index contributed by atoms with van der Waals surface area (Å²) < 4.78 is 10.8. The zero-order chi connectivity index (χ0) is 19.2. The first-order chi connectivity index (χ1) is 13.8. The van der Waals surface area contributed by atoms with Crippen molar-refractivity contribution in [2.24, 2.45) is 0 Å². The summed E-state index contributed by atoms with van der Waals surface area (Å²) in [6, 6.07) is 28.2. The van der Waals surface area contributed by atoms with Gasteiger partial charge >= 0.3 is 0 Å². The van der Waals surface area contributed by atoms with Crippen molar-refractivity contribution in [1.82, 2.24) is 10.1 Å². The number of hydrogen-bond acceptors (Lipinski definition) is 5. The Balaban J connectivity index is 1.59. The largest absolute Gasteiger partial charge is 0.497 e. The summed E-state index contributed by atoms with van der Waals surface area (Å²) >= 11 is 0. The maximum Gasteiger partial charge on any atom is 0.246 e. The molecule has 0 atom stereocenters. The van der Waals surface area contributed by atoms with Crippen LogP contribution in [0.4, 0.5) is 5.69 Å². The Bertz CT molecular complexity index is 999. The zero-order valence-electron chi connectivity index (χ0n) is 15.7. The highest BCUT2D eigenvalue weighted by molar-refractivity contribution is 5.54. The molecular weight excluding hydrogens is 350 g/mol. The van der Waals surface area contributed by atoms with E-state index in [4.69, 9.17) is 9.26 Å². The van der Waals surface area contributed by atoms with Crippen LogP contribution in [0.2, 0.25) is 0 Å². The molecule has 0 unspecified atom stereocenters. The van der Waals surface area contributed by atoms with Crippen LogP contribution >= 0.6 is 0 Å². The molecule has 4 aromatic rings. The molecule has 1 heterocycles. The maximum absolute atomic E-state index is 5.53. The van der Waals surface area contributed by atoms with Crippen LogP contribution in [0, 0.1) is 0 Å². The number of nitrogens with zero attached hydrogens (tertiary/aromatic N) is 3. The van der Waals surface area contributed by atoms with Crippen LogP contribution in [0.15, 0.2) is 89.5 Å². The second-order valence-corrected chi connectivity index (χ2v) is 6.42. The van der Waals surface area contributed by atoms with Gasteiger partial charge in [0, 0.05) is 17.8 Å². The Morgan fingerprint density at radius 3 is 2.18 bits per heavy atom. The summed E-state index contributed by atoms with van der Waals surface area (Å²) in [5, 5.41) is 4.13. The van der Waals surface area contributed by atoms with Crippen LogP contribution in [0.3, 0.4) is 0 Å².